The van der Waals surface area contributed by atoms with Gasteiger partial charge in [0.2, 0.25) is 0 Å². The topological polar surface area (TPSA) is 43.1 Å². The second-order valence-corrected chi connectivity index (χ2v) is 6.72. The van der Waals surface area contributed by atoms with Crippen molar-refractivity contribution in [1.82, 2.24) is 5.16 Å². The monoisotopic (exact) mass is 351 g/mol. The van der Waals surface area contributed by atoms with Crippen molar-refractivity contribution in [1.29, 1.82) is 0 Å². The standard InChI is InChI=1S/C15H14BrNO2S/c1-20-8-10-6-11(16)4-5-12(10)14(18)13-7-17-19-15(13)9-2-3-9/h4-7,9H,2-3,8H2,1H3. The van der Waals surface area contributed by atoms with Gasteiger partial charge in [-0.25, -0.2) is 0 Å². The number of carbonyl (C=O) groups excluding carboxylic acids is 1. The molecule has 2 aromatic rings. The lowest BCUT2D eigenvalue weighted by molar-refractivity contribution is 0.103. The van der Waals surface area contributed by atoms with E-state index in [-0.39, 0.29) is 5.78 Å². The number of hydrogen-bond acceptors (Lipinski definition) is 4. The Balaban J connectivity index is 1.99. The first-order chi connectivity index (χ1) is 9.70. The van der Waals surface area contributed by atoms with Crippen molar-refractivity contribution in [3.63, 3.8) is 0 Å². The Morgan fingerprint density at radius 3 is 2.95 bits per heavy atom. The third-order valence-electron chi connectivity index (χ3n) is 3.40. The van der Waals surface area contributed by atoms with E-state index in [2.05, 4.69) is 21.1 Å². The maximum atomic E-state index is 12.7. The van der Waals surface area contributed by atoms with Gasteiger partial charge in [-0.3, -0.25) is 4.79 Å². The molecule has 3 nitrogen and oxygen atoms in total. The van der Waals surface area contributed by atoms with Gasteiger partial charge in [0, 0.05) is 21.7 Å². The summed E-state index contributed by atoms with van der Waals surface area (Å²) in [6.45, 7) is 0. The van der Waals surface area contributed by atoms with Crippen molar-refractivity contribution in [3.8, 4) is 0 Å². The van der Waals surface area contributed by atoms with E-state index in [0.29, 0.717) is 11.5 Å². The fourth-order valence-corrected chi connectivity index (χ4v) is 3.22. The highest BCUT2D eigenvalue weighted by Gasteiger charge is 2.33. The Morgan fingerprint density at radius 2 is 2.25 bits per heavy atom. The summed E-state index contributed by atoms with van der Waals surface area (Å²) < 4.78 is 6.26. The number of ketones is 1. The number of nitrogens with zero attached hydrogens (tertiary/aromatic N) is 1. The Bertz CT molecular complexity index is 649. The van der Waals surface area contributed by atoms with Crippen LogP contribution in [0.2, 0.25) is 0 Å². The molecule has 0 bridgehead atoms. The van der Waals surface area contributed by atoms with Gasteiger partial charge in [0.1, 0.15) is 0 Å². The largest absolute Gasteiger partial charge is 0.360 e. The van der Waals surface area contributed by atoms with Crippen LogP contribution in [0.15, 0.2) is 33.4 Å². The van der Waals surface area contributed by atoms with Gasteiger partial charge in [-0.1, -0.05) is 21.1 Å². The minimum atomic E-state index is 0.0182. The Morgan fingerprint density at radius 1 is 1.45 bits per heavy atom. The zero-order valence-corrected chi connectivity index (χ0v) is 13.5. The lowest BCUT2D eigenvalue weighted by Gasteiger charge is -2.08. The number of benzene rings is 1. The zero-order valence-electron chi connectivity index (χ0n) is 11.1. The van der Waals surface area contributed by atoms with Gasteiger partial charge in [-0.05, 0) is 42.9 Å². The molecule has 1 aromatic heterocycles. The average molecular weight is 352 g/mol. The highest BCUT2D eigenvalue weighted by molar-refractivity contribution is 9.10. The van der Waals surface area contributed by atoms with Gasteiger partial charge in [0.05, 0.1) is 11.8 Å². The highest BCUT2D eigenvalue weighted by atomic mass is 79.9. The van der Waals surface area contributed by atoms with E-state index in [9.17, 15) is 4.79 Å². The minimum absolute atomic E-state index is 0.0182. The van der Waals surface area contributed by atoms with Gasteiger partial charge < -0.3 is 4.52 Å². The molecule has 0 radical (unpaired) electrons. The van der Waals surface area contributed by atoms with Crippen LogP contribution in [0.25, 0.3) is 0 Å². The molecule has 0 N–H and O–H groups in total. The van der Waals surface area contributed by atoms with Gasteiger partial charge >= 0.3 is 0 Å². The number of aromatic nitrogens is 1. The van der Waals surface area contributed by atoms with Crippen molar-refractivity contribution in [3.05, 3.63) is 51.3 Å². The molecule has 0 unspecified atom stereocenters. The maximum Gasteiger partial charge on any atom is 0.198 e. The van der Waals surface area contributed by atoms with E-state index < -0.39 is 0 Å². The SMILES string of the molecule is CSCc1cc(Br)ccc1C(=O)c1cnoc1C1CC1. The van der Waals surface area contributed by atoms with Crippen LogP contribution in [-0.4, -0.2) is 17.2 Å². The molecule has 20 heavy (non-hydrogen) atoms. The predicted molar refractivity (Wildman–Crippen MR) is 83.3 cm³/mol. The van der Waals surface area contributed by atoms with Gasteiger partial charge in [-0.2, -0.15) is 11.8 Å². The van der Waals surface area contributed by atoms with E-state index in [0.717, 1.165) is 40.0 Å². The van der Waals surface area contributed by atoms with Crippen LogP contribution in [0.5, 0.6) is 0 Å². The molecule has 0 spiro atoms. The molecule has 3 rings (SSSR count). The van der Waals surface area contributed by atoms with E-state index >= 15 is 0 Å². The van der Waals surface area contributed by atoms with E-state index in [4.69, 9.17) is 4.52 Å². The normalized spacial score (nSPS) is 14.5. The number of hydrogen-bond donors (Lipinski definition) is 0. The second kappa shape index (κ2) is 5.74. The third kappa shape index (κ3) is 2.69. The summed E-state index contributed by atoms with van der Waals surface area (Å²) in [5.41, 5.74) is 2.41. The number of thioether (sulfide) groups is 1. The van der Waals surface area contributed by atoms with Gasteiger partial charge in [0.15, 0.2) is 11.5 Å². The lowest BCUT2D eigenvalue weighted by atomic mass is 9.99. The minimum Gasteiger partial charge on any atom is -0.360 e. The molecular formula is C15H14BrNO2S. The molecular weight excluding hydrogens is 338 g/mol. The van der Waals surface area contributed by atoms with Gasteiger partial charge in [0.25, 0.3) is 0 Å². The summed E-state index contributed by atoms with van der Waals surface area (Å²) >= 11 is 5.16. The van der Waals surface area contributed by atoms with Crippen molar-refractivity contribution in [2.24, 2.45) is 0 Å². The molecule has 0 aliphatic heterocycles. The zero-order chi connectivity index (χ0) is 14.1. The average Bonchev–Trinajstić information content (AvgIpc) is 3.16. The summed E-state index contributed by atoms with van der Waals surface area (Å²) in [5.74, 6) is 1.97. The molecule has 1 heterocycles. The summed E-state index contributed by atoms with van der Waals surface area (Å²) in [6.07, 6.45) is 5.77. The van der Waals surface area contributed by atoms with Crippen molar-refractivity contribution < 1.29 is 9.32 Å². The van der Waals surface area contributed by atoms with Crippen LogP contribution in [0.1, 0.15) is 46.0 Å². The highest BCUT2D eigenvalue weighted by Crippen LogP contribution is 2.42. The molecule has 1 aliphatic carbocycles. The second-order valence-electron chi connectivity index (χ2n) is 4.94. The first-order valence-electron chi connectivity index (χ1n) is 6.47. The molecule has 1 saturated carbocycles. The van der Waals surface area contributed by atoms with E-state index in [1.54, 1.807) is 18.0 Å². The Kier molecular flexibility index (Phi) is 3.98. The molecule has 1 fully saturated rings. The van der Waals surface area contributed by atoms with Crippen LogP contribution >= 0.6 is 27.7 Å². The summed E-state index contributed by atoms with van der Waals surface area (Å²) in [5, 5.41) is 3.81. The van der Waals surface area contributed by atoms with Crippen LogP contribution in [0, 0.1) is 0 Å². The van der Waals surface area contributed by atoms with E-state index in [1.165, 1.54) is 0 Å². The third-order valence-corrected chi connectivity index (χ3v) is 4.50. The molecule has 104 valence electrons. The molecule has 0 saturated heterocycles. The first kappa shape index (κ1) is 13.9. The van der Waals surface area contributed by atoms with Crippen molar-refractivity contribution in [2.45, 2.75) is 24.5 Å². The first-order valence-corrected chi connectivity index (χ1v) is 8.66. The smallest absolute Gasteiger partial charge is 0.198 e. The quantitative estimate of drug-likeness (QED) is 0.748. The van der Waals surface area contributed by atoms with Gasteiger partial charge in [-0.15, -0.1) is 0 Å². The summed E-state index contributed by atoms with van der Waals surface area (Å²) in [4.78, 5) is 12.7. The molecule has 1 aromatic carbocycles. The van der Waals surface area contributed by atoms with Crippen molar-refractivity contribution in [2.75, 3.05) is 6.26 Å². The Hall–Kier alpha value is -1.07. The Labute approximate surface area is 130 Å². The van der Waals surface area contributed by atoms with Crippen LogP contribution in [0.4, 0.5) is 0 Å². The van der Waals surface area contributed by atoms with Crippen LogP contribution < -0.4 is 0 Å². The number of halogens is 1. The molecule has 1 aliphatic rings. The van der Waals surface area contributed by atoms with E-state index in [1.807, 2.05) is 24.5 Å². The molecule has 0 atom stereocenters. The van der Waals surface area contributed by atoms with Crippen molar-refractivity contribution >= 4 is 33.5 Å². The summed E-state index contributed by atoms with van der Waals surface area (Å²) in [7, 11) is 0. The lowest BCUT2D eigenvalue weighted by Crippen LogP contribution is -2.06. The summed E-state index contributed by atoms with van der Waals surface area (Å²) in [6, 6.07) is 5.79. The number of carbonyl (C=O) groups is 1. The fourth-order valence-electron chi connectivity index (χ4n) is 2.26. The maximum absolute atomic E-state index is 12.7. The predicted octanol–water partition coefficient (Wildman–Crippen LogP) is 4.41. The molecule has 5 heteroatoms. The number of rotatable bonds is 5. The van der Waals surface area contributed by atoms with Crippen LogP contribution in [-0.2, 0) is 5.75 Å². The fraction of sp³-hybridized carbons (Fsp3) is 0.333. The van der Waals surface area contributed by atoms with Crippen LogP contribution in [0.3, 0.4) is 0 Å². The molecule has 0 amide bonds.